The average Bonchev–Trinajstić information content (AvgIpc) is 2.69. The highest BCUT2D eigenvalue weighted by atomic mass is 32.1. The molecular weight excluding hydrogens is 194 g/mol. The number of anilines is 1. The van der Waals surface area contributed by atoms with Gasteiger partial charge in [0.1, 0.15) is 5.51 Å². The first kappa shape index (κ1) is 11.4. The minimum atomic E-state index is 0.564. The molecule has 14 heavy (non-hydrogen) atoms. The predicted molar refractivity (Wildman–Crippen MR) is 61.8 cm³/mol. The summed E-state index contributed by atoms with van der Waals surface area (Å²) in [6.45, 7) is 4.45. The van der Waals surface area contributed by atoms with Crippen molar-refractivity contribution in [2.24, 2.45) is 0 Å². The van der Waals surface area contributed by atoms with Gasteiger partial charge in [0.2, 0.25) is 5.13 Å². The van der Waals surface area contributed by atoms with Gasteiger partial charge >= 0.3 is 0 Å². The molecule has 4 heteroatoms. The Bertz CT molecular complexity index is 223. The third-order valence-electron chi connectivity index (χ3n) is 2.34. The largest absolute Gasteiger partial charge is 0.357 e. The lowest BCUT2D eigenvalue weighted by atomic mass is 10.1. The van der Waals surface area contributed by atoms with Gasteiger partial charge < -0.3 is 5.32 Å². The van der Waals surface area contributed by atoms with Crippen molar-refractivity contribution in [3.05, 3.63) is 5.51 Å². The Morgan fingerprint density at radius 3 is 2.86 bits per heavy atom. The second kappa shape index (κ2) is 6.76. The molecule has 0 saturated heterocycles. The molecule has 0 fully saturated rings. The zero-order valence-corrected chi connectivity index (χ0v) is 9.81. The lowest BCUT2D eigenvalue weighted by molar-refractivity contribution is 0.573. The second-order valence-corrected chi connectivity index (χ2v) is 4.32. The fraction of sp³-hybridized carbons (Fsp3) is 0.800. The Morgan fingerprint density at radius 2 is 2.29 bits per heavy atom. The van der Waals surface area contributed by atoms with Gasteiger partial charge in [-0.3, -0.25) is 0 Å². The first-order valence-electron chi connectivity index (χ1n) is 5.39. The van der Waals surface area contributed by atoms with Crippen LogP contribution in [0.2, 0.25) is 0 Å². The van der Waals surface area contributed by atoms with E-state index < -0.39 is 0 Å². The van der Waals surface area contributed by atoms with Gasteiger partial charge in [-0.05, 0) is 12.8 Å². The van der Waals surface area contributed by atoms with Crippen LogP contribution >= 0.6 is 11.3 Å². The molecule has 0 radical (unpaired) electrons. The van der Waals surface area contributed by atoms with Gasteiger partial charge in [0, 0.05) is 6.04 Å². The molecule has 0 aliphatic heterocycles. The number of nitrogens with one attached hydrogen (secondary N) is 1. The van der Waals surface area contributed by atoms with Crippen LogP contribution in [0.3, 0.4) is 0 Å². The molecule has 1 N–H and O–H groups in total. The van der Waals surface area contributed by atoms with Gasteiger partial charge in [-0.2, -0.15) is 0 Å². The van der Waals surface area contributed by atoms with Gasteiger partial charge in [0.05, 0.1) is 0 Å². The van der Waals surface area contributed by atoms with E-state index in [1.54, 1.807) is 16.8 Å². The molecule has 1 rings (SSSR count). The third-order valence-corrected chi connectivity index (χ3v) is 2.96. The van der Waals surface area contributed by atoms with Gasteiger partial charge in [0.15, 0.2) is 0 Å². The van der Waals surface area contributed by atoms with Crippen LogP contribution in [0.15, 0.2) is 5.51 Å². The Morgan fingerprint density at radius 1 is 1.43 bits per heavy atom. The molecule has 80 valence electrons. The molecule has 1 atom stereocenters. The normalized spacial score (nSPS) is 12.7. The third kappa shape index (κ3) is 4.05. The van der Waals surface area contributed by atoms with E-state index in [0.717, 1.165) is 11.6 Å². The molecule has 1 aromatic rings. The minimum absolute atomic E-state index is 0.564. The summed E-state index contributed by atoms with van der Waals surface area (Å²) in [6, 6.07) is 0.564. The lowest BCUT2D eigenvalue weighted by Gasteiger charge is -2.15. The molecular formula is C10H19N3S. The van der Waals surface area contributed by atoms with E-state index in [9.17, 15) is 0 Å². The Balaban J connectivity index is 2.24. The van der Waals surface area contributed by atoms with Crippen molar-refractivity contribution in [2.75, 3.05) is 5.32 Å². The molecule has 0 amide bonds. The number of rotatable bonds is 7. The Kier molecular flexibility index (Phi) is 5.52. The molecule has 0 spiro atoms. The summed E-state index contributed by atoms with van der Waals surface area (Å²) in [5, 5.41) is 12.2. The van der Waals surface area contributed by atoms with Crippen molar-refractivity contribution in [1.82, 2.24) is 10.2 Å². The SMILES string of the molecule is CCCCCC(CC)Nc1nncs1. The van der Waals surface area contributed by atoms with Crippen molar-refractivity contribution >= 4 is 16.5 Å². The molecule has 3 nitrogen and oxygen atoms in total. The summed E-state index contributed by atoms with van der Waals surface area (Å²) in [5.74, 6) is 0. The van der Waals surface area contributed by atoms with Crippen LogP contribution in [-0.4, -0.2) is 16.2 Å². The van der Waals surface area contributed by atoms with E-state index in [1.807, 2.05) is 0 Å². The van der Waals surface area contributed by atoms with Gasteiger partial charge in [-0.15, -0.1) is 10.2 Å². The van der Waals surface area contributed by atoms with Gasteiger partial charge in [-0.25, -0.2) is 0 Å². The summed E-state index contributed by atoms with van der Waals surface area (Å²) in [7, 11) is 0. The molecule has 1 unspecified atom stereocenters. The van der Waals surface area contributed by atoms with E-state index in [1.165, 1.54) is 25.7 Å². The standard InChI is InChI=1S/C10H19N3S/c1-3-5-6-7-9(4-2)12-10-13-11-8-14-10/h8-9H,3-7H2,1-2H3,(H,12,13). The lowest BCUT2D eigenvalue weighted by Crippen LogP contribution is -2.18. The summed E-state index contributed by atoms with van der Waals surface area (Å²) < 4.78 is 0. The van der Waals surface area contributed by atoms with Gasteiger partial charge in [0.25, 0.3) is 0 Å². The molecule has 1 heterocycles. The number of nitrogens with zero attached hydrogens (tertiary/aromatic N) is 2. The molecule has 1 aromatic heterocycles. The smallest absolute Gasteiger partial charge is 0.205 e. The monoisotopic (exact) mass is 213 g/mol. The fourth-order valence-electron chi connectivity index (χ4n) is 1.43. The van der Waals surface area contributed by atoms with Crippen molar-refractivity contribution in [2.45, 2.75) is 52.0 Å². The van der Waals surface area contributed by atoms with Gasteiger partial charge in [-0.1, -0.05) is 44.4 Å². The van der Waals surface area contributed by atoms with Crippen LogP contribution in [0.25, 0.3) is 0 Å². The van der Waals surface area contributed by atoms with Crippen LogP contribution < -0.4 is 5.32 Å². The summed E-state index contributed by atoms with van der Waals surface area (Å²) in [5.41, 5.74) is 1.76. The number of aromatic nitrogens is 2. The number of unbranched alkanes of at least 4 members (excludes halogenated alkanes) is 2. The maximum absolute atomic E-state index is 3.99. The van der Waals surface area contributed by atoms with E-state index in [0.29, 0.717) is 6.04 Å². The van der Waals surface area contributed by atoms with Crippen molar-refractivity contribution in [3.8, 4) is 0 Å². The summed E-state index contributed by atoms with van der Waals surface area (Å²) >= 11 is 1.57. The predicted octanol–water partition coefficient (Wildman–Crippen LogP) is 3.31. The maximum Gasteiger partial charge on any atom is 0.205 e. The van der Waals surface area contributed by atoms with E-state index in [2.05, 4.69) is 29.4 Å². The molecule has 0 aliphatic rings. The molecule has 0 aliphatic carbocycles. The van der Waals surface area contributed by atoms with Crippen LogP contribution in [-0.2, 0) is 0 Å². The molecule has 0 bridgehead atoms. The van der Waals surface area contributed by atoms with E-state index in [-0.39, 0.29) is 0 Å². The molecule has 0 aromatic carbocycles. The number of hydrogen-bond acceptors (Lipinski definition) is 4. The second-order valence-electron chi connectivity index (χ2n) is 3.49. The Hall–Kier alpha value is -0.640. The average molecular weight is 213 g/mol. The fourth-order valence-corrected chi connectivity index (χ4v) is 1.95. The Labute approximate surface area is 89.9 Å². The summed E-state index contributed by atoms with van der Waals surface area (Å²) in [4.78, 5) is 0. The number of hydrogen-bond donors (Lipinski definition) is 1. The summed E-state index contributed by atoms with van der Waals surface area (Å²) in [6.07, 6.45) is 6.32. The first-order chi connectivity index (χ1) is 6.86. The van der Waals surface area contributed by atoms with E-state index in [4.69, 9.17) is 0 Å². The first-order valence-corrected chi connectivity index (χ1v) is 6.27. The van der Waals surface area contributed by atoms with E-state index >= 15 is 0 Å². The van der Waals surface area contributed by atoms with Crippen LogP contribution in [0.1, 0.15) is 46.0 Å². The zero-order chi connectivity index (χ0) is 10.2. The maximum atomic E-state index is 3.99. The highest BCUT2D eigenvalue weighted by molar-refractivity contribution is 7.13. The van der Waals surface area contributed by atoms with Crippen LogP contribution in [0, 0.1) is 0 Å². The van der Waals surface area contributed by atoms with Crippen molar-refractivity contribution in [3.63, 3.8) is 0 Å². The van der Waals surface area contributed by atoms with Crippen molar-refractivity contribution in [1.29, 1.82) is 0 Å². The highest BCUT2D eigenvalue weighted by Crippen LogP contribution is 2.15. The molecule has 0 saturated carbocycles. The minimum Gasteiger partial charge on any atom is -0.357 e. The topological polar surface area (TPSA) is 37.8 Å². The quantitative estimate of drug-likeness (QED) is 0.706. The van der Waals surface area contributed by atoms with Crippen molar-refractivity contribution < 1.29 is 0 Å². The zero-order valence-electron chi connectivity index (χ0n) is 8.99. The highest BCUT2D eigenvalue weighted by Gasteiger charge is 2.06. The van der Waals surface area contributed by atoms with Crippen LogP contribution in [0.4, 0.5) is 5.13 Å². The van der Waals surface area contributed by atoms with Crippen LogP contribution in [0.5, 0.6) is 0 Å².